The molecule has 9 nitrogen and oxygen atoms in total. The molecule has 4 heterocycles. The van der Waals surface area contributed by atoms with E-state index in [2.05, 4.69) is 45.3 Å². The Bertz CT molecular complexity index is 3450. The molecule has 0 unspecified atom stereocenters. The van der Waals surface area contributed by atoms with Gasteiger partial charge in [-0.05, 0) is 124 Å². The number of fused-ring (bicyclic) bond motifs is 3. The lowest BCUT2D eigenvalue weighted by molar-refractivity contribution is 0.0990. The van der Waals surface area contributed by atoms with Crippen molar-refractivity contribution in [3.05, 3.63) is 272 Å². The Labute approximate surface area is 404 Å². The fraction of sp³-hybridized carbons (Fsp3) is 0.119. The number of benzene rings is 4. The third-order valence-electron chi connectivity index (χ3n) is 12.4. The number of pyridine rings is 4. The molecule has 0 radical (unpaired) electrons. The summed E-state index contributed by atoms with van der Waals surface area (Å²) in [6, 6.07) is 41.5. The van der Waals surface area contributed by atoms with Gasteiger partial charge in [0.15, 0.2) is 23.2 Å². The maximum Gasteiger partial charge on any atom is 0.261 e. The molecule has 0 amide bonds. The van der Waals surface area contributed by atoms with Gasteiger partial charge in [0, 0.05) is 78.5 Å². The standard InChI is InChI=1S/C29H22F2N2O2.C15H12N2O.C15H14N2/c30-25-10-8-21(16-26(25)31)18-33-13-3-7-24(29(33)35)28(34)17-20-5-1-4-19(14-20)15-22-9-11-27-23(22)6-2-12-32-27;16-11-4-1-3-10(9-11)15(18)13-6-7-14-12(13)5-2-8-17-14;16-13-4-1-3-11(10-13)9-12-6-7-15-14(12)5-2-8-17-15/h1-10,12-14,16H,11,15,17-18H2;1-6,8-9H,7,16H2;1-6,8,10H,7,9,16H2. The average molecular weight is 927 g/mol. The number of Topliss-reactive ketones (excluding diaryl/α,β-unsaturated/α-hetero) is 2. The normalized spacial score (nSPS) is 12.7. The minimum absolute atomic E-state index is 0.00838. The second kappa shape index (κ2) is 21.1. The van der Waals surface area contributed by atoms with Crippen LogP contribution >= 0.6 is 0 Å². The molecule has 0 aliphatic heterocycles. The highest BCUT2D eigenvalue weighted by Crippen LogP contribution is 2.31. The van der Waals surface area contributed by atoms with Crippen molar-refractivity contribution in [3.8, 4) is 0 Å². The molecule has 0 saturated heterocycles. The summed E-state index contributed by atoms with van der Waals surface area (Å²) in [5, 5.41) is 0. The monoisotopic (exact) mass is 926 g/mol. The van der Waals surface area contributed by atoms with E-state index < -0.39 is 17.2 Å². The van der Waals surface area contributed by atoms with Crippen LogP contribution in [0.3, 0.4) is 0 Å². The average Bonchev–Trinajstić information content (AvgIpc) is 4.11. The number of halogens is 2. The number of ketones is 2. The predicted molar refractivity (Wildman–Crippen MR) is 272 cm³/mol. The first-order valence-corrected chi connectivity index (χ1v) is 23.0. The van der Waals surface area contributed by atoms with Gasteiger partial charge in [-0.25, -0.2) is 8.78 Å². The lowest BCUT2D eigenvalue weighted by atomic mass is 9.97. The summed E-state index contributed by atoms with van der Waals surface area (Å²) in [7, 11) is 0. The number of anilines is 2. The van der Waals surface area contributed by atoms with Gasteiger partial charge in [-0.3, -0.25) is 29.3 Å². The molecular weight excluding hydrogens is 879 g/mol. The van der Waals surface area contributed by atoms with Gasteiger partial charge < -0.3 is 16.0 Å². The number of aromatic nitrogens is 4. The third kappa shape index (κ3) is 10.8. The Morgan fingerprint density at radius 3 is 1.76 bits per heavy atom. The maximum absolute atomic E-state index is 13.5. The van der Waals surface area contributed by atoms with Crippen molar-refractivity contribution in [1.82, 2.24) is 19.5 Å². The molecule has 4 aromatic heterocycles. The van der Waals surface area contributed by atoms with Crippen LogP contribution < -0.4 is 17.0 Å². The predicted octanol–water partition coefficient (Wildman–Crippen LogP) is 10.5. The van der Waals surface area contributed by atoms with Crippen molar-refractivity contribution in [2.75, 3.05) is 11.5 Å². The number of nitrogen functional groups attached to an aromatic ring is 2. The largest absolute Gasteiger partial charge is 0.399 e. The van der Waals surface area contributed by atoms with Crippen molar-refractivity contribution < 1.29 is 18.4 Å². The van der Waals surface area contributed by atoms with Crippen LogP contribution in [0.15, 0.2) is 187 Å². The Kier molecular flexibility index (Phi) is 14.0. The lowest BCUT2D eigenvalue weighted by Gasteiger charge is -2.10. The Morgan fingerprint density at radius 2 is 1.11 bits per heavy atom. The number of rotatable bonds is 11. The first-order valence-electron chi connectivity index (χ1n) is 23.0. The smallest absolute Gasteiger partial charge is 0.261 e. The van der Waals surface area contributed by atoms with E-state index in [-0.39, 0.29) is 30.1 Å². The highest BCUT2D eigenvalue weighted by atomic mass is 19.2. The highest BCUT2D eigenvalue weighted by Gasteiger charge is 2.22. The molecule has 0 fully saturated rings. The van der Waals surface area contributed by atoms with Gasteiger partial charge in [0.25, 0.3) is 5.56 Å². The minimum Gasteiger partial charge on any atom is -0.399 e. The fourth-order valence-corrected chi connectivity index (χ4v) is 8.97. The van der Waals surface area contributed by atoms with Crippen LogP contribution in [0.1, 0.15) is 76.7 Å². The van der Waals surface area contributed by atoms with Gasteiger partial charge in [0.05, 0.1) is 29.2 Å². The number of allylic oxidation sites excluding steroid dienone is 6. The minimum atomic E-state index is -0.976. The Morgan fingerprint density at radius 1 is 0.543 bits per heavy atom. The number of carbonyl (C=O) groups is 2. The summed E-state index contributed by atoms with van der Waals surface area (Å²) in [4.78, 5) is 51.5. The van der Waals surface area contributed by atoms with Gasteiger partial charge in [-0.15, -0.1) is 0 Å². The van der Waals surface area contributed by atoms with Gasteiger partial charge in [-0.1, -0.05) is 91.0 Å². The maximum atomic E-state index is 13.5. The summed E-state index contributed by atoms with van der Waals surface area (Å²) in [6.07, 6.45) is 17.6. The molecule has 0 spiro atoms. The SMILES string of the molecule is Nc1cccc(C(=O)C2=CCc3ncccc32)c1.Nc1cccc(CC2=CCc3ncccc32)c1.O=C(Cc1cccc(CC2=CCc3ncccc32)c1)c1cccn(Cc2ccc(F)c(F)c2)c1=O. The summed E-state index contributed by atoms with van der Waals surface area (Å²) < 4.78 is 28.1. The molecule has 4 aromatic carbocycles. The van der Waals surface area contributed by atoms with Crippen molar-refractivity contribution in [2.45, 2.75) is 45.1 Å². The van der Waals surface area contributed by atoms with E-state index in [1.165, 1.54) is 56.4 Å². The van der Waals surface area contributed by atoms with E-state index in [1.807, 2.05) is 79.0 Å². The summed E-state index contributed by atoms with van der Waals surface area (Å²) >= 11 is 0. The number of carbonyl (C=O) groups excluding carboxylic acids is 2. The van der Waals surface area contributed by atoms with Gasteiger partial charge in [-0.2, -0.15) is 0 Å². The Hall–Kier alpha value is -8.70. The van der Waals surface area contributed by atoms with Gasteiger partial charge in [0.2, 0.25) is 0 Å². The molecular formula is C59H48F2N6O3. The fourth-order valence-electron chi connectivity index (χ4n) is 8.97. The zero-order chi connectivity index (χ0) is 48.6. The molecule has 4 N–H and O–H groups in total. The van der Waals surface area contributed by atoms with Crippen LogP contribution in [0.2, 0.25) is 0 Å². The summed E-state index contributed by atoms with van der Waals surface area (Å²) in [5.74, 6) is -2.21. The second-order valence-corrected chi connectivity index (χ2v) is 17.3. The molecule has 11 rings (SSSR count). The molecule has 3 aliphatic carbocycles. The number of hydrogen-bond acceptors (Lipinski definition) is 8. The van der Waals surface area contributed by atoms with E-state index in [0.29, 0.717) is 16.8 Å². The van der Waals surface area contributed by atoms with Crippen LogP contribution in [0.25, 0.3) is 16.7 Å². The number of nitrogens with two attached hydrogens (primary N) is 2. The molecule has 0 bridgehead atoms. The summed E-state index contributed by atoms with van der Waals surface area (Å²) in [6.45, 7) is 0.0398. The van der Waals surface area contributed by atoms with Gasteiger partial charge in [0.1, 0.15) is 0 Å². The Balaban J connectivity index is 0.000000145. The molecule has 70 heavy (non-hydrogen) atoms. The van der Waals surface area contributed by atoms with Gasteiger partial charge >= 0.3 is 0 Å². The van der Waals surface area contributed by atoms with Crippen LogP contribution in [-0.4, -0.2) is 31.1 Å². The molecule has 11 heteroatoms. The quantitative estimate of drug-likeness (QED) is 0.0963. The zero-order valence-corrected chi connectivity index (χ0v) is 38.2. The van der Waals surface area contributed by atoms with Crippen molar-refractivity contribution >= 4 is 39.7 Å². The molecule has 0 atom stereocenters. The lowest BCUT2D eigenvalue weighted by Crippen LogP contribution is -2.27. The van der Waals surface area contributed by atoms with Crippen LogP contribution in [0.4, 0.5) is 20.2 Å². The van der Waals surface area contributed by atoms with E-state index in [0.717, 1.165) is 83.6 Å². The molecule has 0 saturated carbocycles. The third-order valence-corrected chi connectivity index (χ3v) is 12.4. The van der Waals surface area contributed by atoms with Crippen molar-refractivity contribution in [3.63, 3.8) is 0 Å². The van der Waals surface area contributed by atoms with E-state index >= 15 is 0 Å². The van der Waals surface area contributed by atoms with Crippen LogP contribution in [0.5, 0.6) is 0 Å². The topological polar surface area (TPSA) is 147 Å². The van der Waals surface area contributed by atoms with E-state index in [1.54, 1.807) is 42.7 Å². The first-order chi connectivity index (χ1) is 34.1. The highest BCUT2D eigenvalue weighted by molar-refractivity contribution is 6.30. The van der Waals surface area contributed by atoms with Crippen molar-refractivity contribution in [1.29, 1.82) is 0 Å². The van der Waals surface area contributed by atoms with Crippen molar-refractivity contribution in [2.24, 2.45) is 0 Å². The number of nitrogens with zero attached hydrogens (tertiary/aromatic N) is 4. The van der Waals surface area contributed by atoms with Crippen LogP contribution in [0, 0.1) is 11.6 Å². The molecule has 8 aromatic rings. The second-order valence-electron chi connectivity index (χ2n) is 17.3. The number of hydrogen-bond donors (Lipinski definition) is 2. The van der Waals surface area contributed by atoms with E-state index in [9.17, 15) is 23.2 Å². The first kappa shape index (κ1) is 46.4. The zero-order valence-electron chi connectivity index (χ0n) is 38.2. The molecule has 346 valence electrons. The molecule has 3 aliphatic rings. The van der Waals surface area contributed by atoms with Crippen LogP contribution in [-0.2, 0) is 45.1 Å². The van der Waals surface area contributed by atoms with E-state index in [4.69, 9.17) is 11.5 Å². The summed E-state index contributed by atoms with van der Waals surface area (Å²) in [5.41, 5.74) is 26.7.